The van der Waals surface area contributed by atoms with Crippen molar-refractivity contribution >= 4 is 0 Å². The molecule has 1 heterocycles. The number of hydrogen-bond donors (Lipinski definition) is 1. The van der Waals surface area contributed by atoms with Gasteiger partial charge < -0.3 is 5.32 Å². The minimum atomic E-state index is 0.382. The number of nitrogens with one attached hydrogen (secondary N) is 1. The number of nitrogens with zero attached hydrogens (tertiary/aromatic N) is 1. The molecule has 1 N–H and O–H groups in total. The molecule has 2 nitrogen and oxygen atoms in total. The van der Waals surface area contributed by atoms with Gasteiger partial charge in [0.2, 0.25) is 0 Å². The zero-order valence-corrected chi connectivity index (χ0v) is 14.8. The topological polar surface area (TPSA) is 15.3 Å². The Morgan fingerprint density at radius 1 is 0.952 bits per heavy atom. The van der Waals surface area contributed by atoms with Crippen molar-refractivity contribution in [2.24, 2.45) is 0 Å². The van der Waals surface area contributed by atoms with Crippen molar-refractivity contribution in [2.45, 2.75) is 102 Å². The molecule has 0 aromatic heterocycles. The fourth-order valence-electron chi connectivity index (χ4n) is 4.27. The summed E-state index contributed by atoms with van der Waals surface area (Å²) in [5.74, 6) is 0. The average Bonchev–Trinajstić information content (AvgIpc) is 2.52. The summed E-state index contributed by atoms with van der Waals surface area (Å²) in [6.07, 6.45) is 15.4. The Morgan fingerprint density at radius 3 is 2.33 bits per heavy atom. The molecule has 1 aliphatic carbocycles. The molecule has 0 aromatic carbocycles. The minimum absolute atomic E-state index is 0.382. The molecule has 1 atom stereocenters. The molecule has 2 heteroatoms. The van der Waals surface area contributed by atoms with Gasteiger partial charge >= 0.3 is 0 Å². The molecule has 0 bridgehead atoms. The van der Waals surface area contributed by atoms with Gasteiger partial charge in [-0.1, -0.05) is 58.8 Å². The highest BCUT2D eigenvalue weighted by Gasteiger charge is 2.44. The van der Waals surface area contributed by atoms with Crippen molar-refractivity contribution in [2.75, 3.05) is 19.6 Å². The van der Waals surface area contributed by atoms with Crippen LogP contribution in [0.15, 0.2) is 0 Å². The first-order valence-electron chi connectivity index (χ1n) is 9.64. The molecule has 0 amide bonds. The summed E-state index contributed by atoms with van der Waals surface area (Å²) in [5, 5.41) is 3.98. The van der Waals surface area contributed by atoms with E-state index in [-0.39, 0.29) is 0 Å². The maximum atomic E-state index is 3.98. The fraction of sp³-hybridized carbons (Fsp3) is 1.00. The van der Waals surface area contributed by atoms with Crippen LogP contribution in [-0.2, 0) is 0 Å². The predicted molar refractivity (Wildman–Crippen MR) is 92.8 cm³/mol. The zero-order chi connectivity index (χ0) is 15.2. The SMILES string of the molecule is CCCCCCCN1CC2(CCCCC2)NCC1(C)CC. The second-order valence-corrected chi connectivity index (χ2v) is 7.88. The van der Waals surface area contributed by atoms with Crippen LogP contribution in [0.5, 0.6) is 0 Å². The highest BCUT2D eigenvalue weighted by Crippen LogP contribution is 2.35. The number of rotatable bonds is 7. The van der Waals surface area contributed by atoms with E-state index < -0.39 is 0 Å². The first-order chi connectivity index (χ1) is 10.1. The molecule has 2 aliphatic rings. The number of hydrogen-bond acceptors (Lipinski definition) is 2. The lowest BCUT2D eigenvalue weighted by Crippen LogP contribution is -2.69. The average molecular weight is 295 g/mol. The van der Waals surface area contributed by atoms with Crippen molar-refractivity contribution in [3.05, 3.63) is 0 Å². The molecule has 0 radical (unpaired) electrons. The minimum Gasteiger partial charge on any atom is -0.308 e. The third-order valence-electron chi connectivity index (χ3n) is 6.21. The normalized spacial score (nSPS) is 29.9. The summed E-state index contributed by atoms with van der Waals surface area (Å²) >= 11 is 0. The van der Waals surface area contributed by atoms with Gasteiger partial charge in [-0.15, -0.1) is 0 Å². The molecular weight excluding hydrogens is 256 g/mol. The molecule has 21 heavy (non-hydrogen) atoms. The van der Waals surface area contributed by atoms with Gasteiger partial charge in [0.15, 0.2) is 0 Å². The van der Waals surface area contributed by atoms with E-state index in [1.165, 1.54) is 90.3 Å². The molecule has 1 unspecified atom stereocenters. The second-order valence-electron chi connectivity index (χ2n) is 7.88. The lowest BCUT2D eigenvalue weighted by molar-refractivity contribution is -0.00241. The molecule has 1 aliphatic heterocycles. The van der Waals surface area contributed by atoms with Gasteiger partial charge in [0.1, 0.15) is 0 Å². The van der Waals surface area contributed by atoms with Crippen molar-refractivity contribution in [3.8, 4) is 0 Å². The van der Waals surface area contributed by atoms with E-state index in [9.17, 15) is 0 Å². The van der Waals surface area contributed by atoms with Crippen molar-refractivity contribution in [1.82, 2.24) is 10.2 Å². The van der Waals surface area contributed by atoms with E-state index in [0.29, 0.717) is 11.1 Å². The van der Waals surface area contributed by atoms with Crippen LogP contribution in [0, 0.1) is 0 Å². The van der Waals surface area contributed by atoms with Gasteiger partial charge in [-0.25, -0.2) is 0 Å². The molecule has 0 aromatic rings. The van der Waals surface area contributed by atoms with Crippen molar-refractivity contribution < 1.29 is 0 Å². The van der Waals surface area contributed by atoms with Crippen LogP contribution in [-0.4, -0.2) is 35.6 Å². The third-order valence-corrected chi connectivity index (χ3v) is 6.21. The van der Waals surface area contributed by atoms with E-state index in [1.807, 2.05) is 0 Å². The molecular formula is C19H38N2. The Hall–Kier alpha value is -0.0800. The summed E-state index contributed by atoms with van der Waals surface area (Å²) in [6.45, 7) is 10.9. The van der Waals surface area contributed by atoms with Crippen LogP contribution in [0.25, 0.3) is 0 Å². The van der Waals surface area contributed by atoms with Crippen molar-refractivity contribution in [1.29, 1.82) is 0 Å². The summed E-state index contributed by atoms with van der Waals surface area (Å²) < 4.78 is 0. The fourth-order valence-corrected chi connectivity index (χ4v) is 4.27. The largest absolute Gasteiger partial charge is 0.308 e. The molecule has 1 saturated heterocycles. The van der Waals surface area contributed by atoms with Gasteiger partial charge in [-0.2, -0.15) is 0 Å². The zero-order valence-electron chi connectivity index (χ0n) is 14.8. The van der Waals surface area contributed by atoms with E-state index in [2.05, 4.69) is 31.0 Å². The van der Waals surface area contributed by atoms with Crippen LogP contribution in [0.3, 0.4) is 0 Å². The summed E-state index contributed by atoms with van der Waals surface area (Å²) in [5.41, 5.74) is 0.837. The standard InChI is InChI=1S/C19H38N2/c1-4-6-7-8-12-15-21-17-19(13-10-9-11-14-19)20-16-18(21,3)5-2/h20H,4-17H2,1-3H3. The van der Waals surface area contributed by atoms with Crippen LogP contribution in [0.4, 0.5) is 0 Å². The lowest BCUT2D eigenvalue weighted by Gasteiger charge is -2.54. The number of piperazine rings is 1. The first-order valence-corrected chi connectivity index (χ1v) is 9.64. The Bertz CT molecular complexity index is 296. The van der Waals surface area contributed by atoms with E-state index >= 15 is 0 Å². The van der Waals surface area contributed by atoms with Gasteiger partial charge in [0.25, 0.3) is 0 Å². The summed E-state index contributed by atoms with van der Waals surface area (Å²) in [6, 6.07) is 0. The maximum Gasteiger partial charge on any atom is 0.0309 e. The van der Waals surface area contributed by atoms with Crippen LogP contribution in [0.1, 0.15) is 91.4 Å². The molecule has 1 spiro atoms. The smallest absolute Gasteiger partial charge is 0.0309 e. The highest BCUT2D eigenvalue weighted by molar-refractivity contribution is 5.04. The van der Waals surface area contributed by atoms with Crippen LogP contribution in [0.2, 0.25) is 0 Å². The molecule has 2 rings (SSSR count). The van der Waals surface area contributed by atoms with Gasteiger partial charge in [-0.3, -0.25) is 4.90 Å². The monoisotopic (exact) mass is 294 g/mol. The Morgan fingerprint density at radius 2 is 1.67 bits per heavy atom. The van der Waals surface area contributed by atoms with E-state index in [0.717, 1.165) is 0 Å². The quantitative estimate of drug-likeness (QED) is 0.683. The van der Waals surface area contributed by atoms with Gasteiger partial charge in [0.05, 0.1) is 0 Å². The molecule has 2 fully saturated rings. The lowest BCUT2D eigenvalue weighted by atomic mass is 9.77. The highest BCUT2D eigenvalue weighted by atomic mass is 15.3. The molecule has 124 valence electrons. The predicted octanol–water partition coefficient (Wildman–Crippen LogP) is 4.73. The summed E-state index contributed by atoms with van der Waals surface area (Å²) in [4.78, 5) is 2.85. The first kappa shape index (κ1) is 17.3. The van der Waals surface area contributed by atoms with Gasteiger partial charge in [-0.05, 0) is 39.2 Å². The van der Waals surface area contributed by atoms with E-state index in [1.54, 1.807) is 0 Å². The maximum absolute atomic E-state index is 3.98. The van der Waals surface area contributed by atoms with E-state index in [4.69, 9.17) is 0 Å². The third kappa shape index (κ3) is 4.45. The Balaban J connectivity index is 1.89. The Kier molecular flexibility index (Phi) is 6.55. The van der Waals surface area contributed by atoms with Gasteiger partial charge in [0, 0.05) is 24.2 Å². The molecule has 1 saturated carbocycles. The van der Waals surface area contributed by atoms with Crippen LogP contribution < -0.4 is 5.32 Å². The summed E-state index contributed by atoms with van der Waals surface area (Å²) in [7, 11) is 0. The number of unbranched alkanes of at least 4 members (excludes halogenated alkanes) is 4. The van der Waals surface area contributed by atoms with Crippen molar-refractivity contribution in [3.63, 3.8) is 0 Å². The van der Waals surface area contributed by atoms with Crippen LogP contribution >= 0.6 is 0 Å². The Labute approximate surface area is 133 Å². The second kappa shape index (κ2) is 7.97.